The van der Waals surface area contributed by atoms with Crippen LogP contribution in [0.5, 0.6) is 5.75 Å². The molecule has 0 unspecified atom stereocenters. The van der Waals surface area contributed by atoms with Crippen LogP contribution in [0.3, 0.4) is 0 Å². The smallest absolute Gasteiger partial charge is 0.241 e. The monoisotopic (exact) mass is 657 g/mol. The SMILES string of the molecule is COc1ccc([Si](C)(C)[C@H]2[C@H](C)[C@H](CCc3ccc(NC(=O)[C@H]4CCCN4)cc3)O[C@@H]2CC(=O)N(CCO)Cc2ccccc2)cc1. The molecule has 0 spiro atoms. The summed E-state index contributed by atoms with van der Waals surface area (Å²) in [4.78, 5) is 28.2. The number of amides is 2. The van der Waals surface area contributed by atoms with E-state index in [9.17, 15) is 14.7 Å². The van der Waals surface area contributed by atoms with E-state index in [4.69, 9.17) is 9.47 Å². The maximum atomic E-state index is 13.9. The van der Waals surface area contributed by atoms with Crippen molar-refractivity contribution in [1.82, 2.24) is 10.2 Å². The first kappa shape index (κ1) is 34.8. The number of anilines is 1. The van der Waals surface area contributed by atoms with Crippen LogP contribution in [0, 0.1) is 5.92 Å². The van der Waals surface area contributed by atoms with Crippen LogP contribution in [0.4, 0.5) is 5.69 Å². The molecule has 2 amide bonds. The van der Waals surface area contributed by atoms with Crippen LogP contribution in [0.2, 0.25) is 18.6 Å². The molecular weight excluding hydrogens is 607 g/mol. The van der Waals surface area contributed by atoms with Gasteiger partial charge in [0.1, 0.15) is 5.75 Å². The van der Waals surface area contributed by atoms with Gasteiger partial charge in [0.25, 0.3) is 0 Å². The average Bonchev–Trinajstić information content (AvgIpc) is 3.73. The predicted octanol–water partition coefficient (Wildman–Crippen LogP) is 5.12. The molecule has 2 heterocycles. The van der Waals surface area contributed by atoms with E-state index in [0.717, 1.165) is 49.2 Å². The average molecular weight is 658 g/mol. The summed E-state index contributed by atoms with van der Waals surface area (Å²) in [7, 11) is -0.451. The Hall–Kier alpha value is -3.50. The Bertz CT molecular complexity index is 1440. The largest absolute Gasteiger partial charge is 0.497 e. The number of hydrogen-bond acceptors (Lipinski definition) is 6. The number of aliphatic hydroxyl groups is 1. The first-order chi connectivity index (χ1) is 22.7. The molecule has 9 heteroatoms. The Morgan fingerprint density at radius 2 is 1.72 bits per heavy atom. The number of ether oxygens (including phenoxy) is 2. The lowest BCUT2D eigenvalue weighted by Crippen LogP contribution is -2.51. The Kier molecular flexibility index (Phi) is 11.9. The van der Waals surface area contributed by atoms with E-state index in [0.29, 0.717) is 6.54 Å². The summed E-state index contributed by atoms with van der Waals surface area (Å²) in [5.41, 5.74) is 3.27. The van der Waals surface area contributed by atoms with Crippen molar-refractivity contribution in [3.8, 4) is 5.75 Å². The van der Waals surface area contributed by atoms with Crippen molar-refractivity contribution in [3.05, 3.63) is 90.0 Å². The molecule has 0 bridgehead atoms. The van der Waals surface area contributed by atoms with Crippen LogP contribution in [-0.4, -0.2) is 75.0 Å². The second-order valence-electron chi connectivity index (χ2n) is 13.7. The Morgan fingerprint density at radius 1 is 1.00 bits per heavy atom. The molecule has 8 nitrogen and oxygen atoms in total. The van der Waals surface area contributed by atoms with Crippen LogP contribution < -0.4 is 20.6 Å². The molecule has 0 aromatic heterocycles. The van der Waals surface area contributed by atoms with E-state index in [1.807, 2.05) is 54.6 Å². The van der Waals surface area contributed by atoms with Gasteiger partial charge in [0.05, 0.1) is 46.5 Å². The number of carbonyl (C=O) groups is 2. The van der Waals surface area contributed by atoms with Crippen molar-refractivity contribution in [2.45, 2.75) is 82.5 Å². The minimum Gasteiger partial charge on any atom is -0.497 e. The molecule has 252 valence electrons. The Balaban J connectivity index is 1.30. The van der Waals surface area contributed by atoms with E-state index >= 15 is 0 Å². The van der Waals surface area contributed by atoms with Crippen LogP contribution in [0.25, 0.3) is 0 Å². The normalized spacial score (nSPS) is 22.6. The van der Waals surface area contributed by atoms with Crippen molar-refractivity contribution in [2.24, 2.45) is 5.92 Å². The first-order valence-corrected chi connectivity index (χ1v) is 20.1. The summed E-state index contributed by atoms with van der Waals surface area (Å²) in [5.74, 6) is 1.13. The zero-order valence-electron chi connectivity index (χ0n) is 28.3. The quantitative estimate of drug-likeness (QED) is 0.208. The number of carbonyl (C=O) groups excluding carboxylic acids is 2. The van der Waals surface area contributed by atoms with Crippen LogP contribution in [0.1, 0.15) is 43.7 Å². The lowest BCUT2D eigenvalue weighted by molar-refractivity contribution is -0.135. The van der Waals surface area contributed by atoms with Crippen LogP contribution in [0.15, 0.2) is 78.9 Å². The summed E-state index contributed by atoms with van der Waals surface area (Å²) in [6.45, 7) is 8.64. The summed E-state index contributed by atoms with van der Waals surface area (Å²) >= 11 is 0. The number of nitrogens with one attached hydrogen (secondary N) is 2. The van der Waals surface area contributed by atoms with Crippen molar-refractivity contribution in [2.75, 3.05) is 32.1 Å². The summed E-state index contributed by atoms with van der Waals surface area (Å²) < 4.78 is 12.3. The van der Waals surface area contributed by atoms with Gasteiger partial charge in [0.2, 0.25) is 11.8 Å². The van der Waals surface area contributed by atoms with Gasteiger partial charge in [-0.05, 0) is 79.1 Å². The third kappa shape index (κ3) is 8.70. The van der Waals surface area contributed by atoms with Gasteiger partial charge in [0.15, 0.2) is 0 Å². The molecule has 3 N–H and O–H groups in total. The number of hydrogen-bond donors (Lipinski definition) is 3. The fraction of sp³-hybridized carbons (Fsp3) is 0.474. The highest BCUT2D eigenvalue weighted by Crippen LogP contribution is 2.46. The number of nitrogens with zero attached hydrogens (tertiary/aromatic N) is 1. The molecule has 47 heavy (non-hydrogen) atoms. The standard InChI is InChI=1S/C38H51N3O5Si/c1-27-34(21-14-28-12-15-30(16-13-28)40-38(44)33-11-8-22-39-33)46-35(37(27)47(3,4)32-19-17-31(45-2)18-20-32)25-36(43)41(23-24-42)26-29-9-6-5-7-10-29/h5-7,9-10,12-13,15-20,27,33-35,37,39,42H,8,11,14,21-26H2,1-4H3,(H,40,44)/t27-,33-,34+,35-,37+/m1/s1. The second kappa shape index (κ2) is 16.1. The lowest BCUT2D eigenvalue weighted by Gasteiger charge is -2.36. The van der Waals surface area contributed by atoms with Gasteiger partial charge >= 0.3 is 0 Å². The van der Waals surface area contributed by atoms with Crippen LogP contribution >= 0.6 is 0 Å². The van der Waals surface area contributed by atoms with E-state index in [1.165, 1.54) is 10.8 Å². The van der Waals surface area contributed by atoms with E-state index < -0.39 is 8.07 Å². The fourth-order valence-corrected chi connectivity index (χ4v) is 11.6. The molecule has 2 aliphatic rings. The summed E-state index contributed by atoms with van der Waals surface area (Å²) in [5, 5.41) is 17.4. The molecule has 2 saturated heterocycles. The molecule has 0 radical (unpaired) electrons. The van der Waals surface area contributed by atoms with Gasteiger partial charge in [-0.25, -0.2) is 0 Å². The number of methoxy groups -OCH3 is 1. The van der Waals surface area contributed by atoms with Gasteiger partial charge in [0, 0.05) is 18.8 Å². The van der Waals surface area contributed by atoms with E-state index in [-0.39, 0.29) is 61.1 Å². The molecule has 0 aliphatic carbocycles. The summed E-state index contributed by atoms with van der Waals surface area (Å²) in [6, 6.07) is 26.4. The van der Waals surface area contributed by atoms with Gasteiger partial charge in [-0.3, -0.25) is 9.59 Å². The molecule has 3 aromatic rings. The molecule has 0 saturated carbocycles. The Labute approximate surface area is 280 Å². The fourth-order valence-electron chi connectivity index (χ4n) is 7.56. The van der Waals surface area contributed by atoms with Crippen molar-refractivity contribution < 1.29 is 24.2 Å². The highest BCUT2D eigenvalue weighted by Gasteiger charge is 2.51. The molecular formula is C38H51N3O5Si. The molecule has 5 rings (SSSR count). The number of aryl methyl sites for hydroxylation is 1. The van der Waals surface area contributed by atoms with Gasteiger partial charge in [-0.2, -0.15) is 0 Å². The number of benzene rings is 3. The third-order valence-corrected chi connectivity index (χ3v) is 14.6. The number of aliphatic hydroxyl groups excluding tert-OH is 1. The van der Waals surface area contributed by atoms with Crippen molar-refractivity contribution in [3.63, 3.8) is 0 Å². The Morgan fingerprint density at radius 3 is 2.36 bits per heavy atom. The zero-order chi connectivity index (χ0) is 33.4. The topological polar surface area (TPSA) is 100 Å². The highest BCUT2D eigenvalue weighted by molar-refractivity contribution is 6.91. The maximum Gasteiger partial charge on any atom is 0.241 e. The molecule has 5 atom stereocenters. The summed E-state index contributed by atoms with van der Waals surface area (Å²) in [6.07, 6.45) is 3.67. The first-order valence-electron chi connectivity index (χ1n) is 17.1. The van der Waals surface area contributed by atoms with Crippen molar-refractivity contribution in [1.29, 1.82) is 0 Å². The number of rotatable bonds is 14. The van der Waals surface area contributed by atoms with E-state index in [1.54, 1.807) is 12.0 Å². The minimum absolute atomic E-state index is 0.00993. The lowest BCUT2D eigenvalue weighted by atomic mass is 9.95. The molecule has 3 aromatic carbocycles. The van der Waals surface area contributed by atoms with Gasteiger partial charge < -0.3 is 30.1 Å². The van der Waals surface area contributed by atoms with Crippen LogP contribution in [-0.2, 0) is 27.3 Å². The molecule has 2 aliphatic heterocycles. The zero-order valence-corrected chi connectivity index (χ0v) is 29.3. The van der Waals surface area contributed by atoms with E-state index in [2.05, 4.69) is 54.9 Å². The maximum absolute atomic E-state index is 13.9. The van der Waals surface area contributed by atoms with Gasteiger partial charge in [-0.1, -0.05) is 79.8 Å². The van der Waals surface area contributed by atoms with Crippen molar-refractivity contribution >= 4 is 30.8 Å². The molecule has 2 fully saturated rings. The second-order valence-corrected chi connectivity index (χ2v) is 18.3. The third-order valence-electron chi connectivity index (χ3n) is 10.2. The minimum atomic E-state index is -2.13. The highest BCUT2D eigenvalue weighted by atomic mass is 28.3. The van der Waals surface area contributed by atoms with Gasteiger partial charge in [-0.15, -0.1) is 0 Å². The predicted molar refractivity (Wildman–Crippen MR) is 190 cm³/mol.